The first-order chi connectivity index (χ1) is 5.52. The number of nitrogens with zero attached hydrogens (tertiary/aromatic N) is 1. The van der Waals surface area contributed by atoms with Gasteiger partial charge in [-0.05, 0) is 0 Å². The van der Waals surface area contributed by atoms with Gasteiger partial charge in [0.15, 0.2) is 0 Å². The lowest BCUT2D eigenvalue weighted by Crippen LogP contribution is -2.01. The Bertz CT molecular complexity index is 280. The van der Waals surface area contributed by atoms with Crippen LogP contribution in [0.2, 0.25) is 5.02 Å². The van der Waals surface area contributed by atoms with E-state index in [0.717, 1.165) is 0 Å². The normalized spacial score (nSPS) is 10.8. The summed E-state index contributed by atoms with van der Waals surface area (Å²) in [6, 6.07) is 0.694. The lowest BCUT2D eigenvalue weighted by atomic mass is 10.2. The van der Waals surface area contributed by atoms with E-state index in [4.69, 9.17) is 17.3 Å². The van der Waals surface area contributed by atoms with Crippen molar-refractivity contribution >= 4 is 17.4 Å². The van der Waals surface area contributed by atoms with Crippen LogP contribution in [0.4, 0.5) is 19.0 Å². The molecule has 0 saturated carbocycles. The third-order valence-electron chi connectivity index (χ3n) is 1.22. The molecule has 0 fully saturated rings. The lowest BCUT2D eigenvalue weighted by Gasteiger charge is -2.04. The van der Waals surface area contributed by atoms with E-state index in [2.05, 4.69) is 4.98 Å². The van der Waals surface area contributed by atoms with Crippen molar-refractivity contribution in [1.82, 2.24) is 4.98 Å². The molecule has 66 valence electrons. The van der Waals surface area contributed by atoms with Gasteiger partial charge in [0.05, 0.1) is 10.6 Å². The molecule has 0 aromatic carbocycles. The highest BCUT2D eigenvalue weighted by Crippen LogP contribution is 2.30. The molecule has 12 heavy (non-hydrogen) atoms. The third kappa shape index (κ3) is 1.61. The maximum atomic E-state index is 12.4. The molecule has 2 N–H and O–H groups in total. The Morgan fingerprint density at radius 1 is 1.50 bits per heavy atom. The van der Waals surface area contributed by atoms with Crippen LogP contribution in [0, 0.1) is 5.95 Å². The molecule has 0 aliphatic rings. The number of hydrogen-bond donors (Lipinski definition) is 1. The summed E-state index contributed by atoms with van der Waals surface area (Å²) >= 11 is 5.29. The van der Waals surface area contributed by atoms with Gasteiger partial charge in [-0.25, -0.2) is 13.8 Å². The van der Waals surface area contributed by atoms with Gasteiger partial charge in [-0.1, -0.05) is 11.6 Å². The zero-order valence-corrected chi connectivity index (χ0v) is 6.45. The third-order valence-corrected chi connectivity index (χ3v) is 1.54. The molecule has 1 aromatic rings. The average Bonchev–Trinajstić information content (AvgIpc) is 1.82. The van der Waals surface area contributed by atoms with Crippen molar-refractivity contribution < 1.29 is 13.2 Å². The SMILES string of the molecule is Nc1nc(F)cc(Cl)c1C(F)F. The molecular formula is C6H4ClF3N2. The smallest absolute Gasteiger partial charge is 0.268 e. The van der Waals surface area contributed by atoms with Gasteiger partial charge < -0.3 is 5.73 Å². The van der Waals surface area contributed by atoms with Gasteiger partial charge in [-0.15, -0.1) is 0 Å². The number of rotatable bonds is 1. The molecule has 0 amide bonds. The highest BCUT2D eigenvalue weighted by molar-refractivity contribution is 6.31. The Labute approximate surface area is 71.2 Å². The monoisotopic (exact) mass is 196 g/mol. The summed E-state index contributed by atoms with van der Waals surface area (Å²) in [6.07, 6.45) is -2.84. The Morgan fingerprint density at radius 3 is 2.50 bits per heavy atom. The van der Waals surface area contributed by atoms with Crippen LogP contribution in [0.15, 0.2) is 6.07 Å². The molecule has 0 unspecified atom stereocenters. The minimum Gasteiger partial charge on any atom is -0.383 e. The van der Waals surface area contributed by atoms with Gasteiger partial charge >= 0.3 is 0 Å². The fraction of sp³-hybridized carbons (Fsp3) is 0.167. The number of halogens is 4. The van der Waals surface area contributed by atoms with Crippen LogP contribution < -0.4 is 5.73 Å². The van der Waals surface area contributed by atoms with Crippen molar-refractivity contribution in [2.75, 3.05) is 5.73 Å². The highest BCUT2D eigenvalue weighted by Gasteiger charge is 2.17. The minimum atomic E-state index is -2.84. The van der Waals surface area contributed by atoms with Crippen LogP contribution in [0.5, 0.6) is 0 Å². The van der Waals surface area contributed by atoms with E-state index in [0.29, 0.717) is 6.07 Å². The Morgan fingerprint density at radius 2 is 2.08 bits per heavy atom. The predicted octanol–water partition coefficient (Wildman–Crippen LogP) is 2.39. The molecule has 0 spiro atoms. The van der Waals surface area contributed by atoms with Crippen molar-refractivity contribution in [3.8, 4) is 0 Å². The van der Waals surface area contributed by atoms with E-state index < -0.39 is 28.8 Å². The second-order valence-electron chi connectivity index (χ2n) is 2.03. The first-order valence-electron chi connectivity index (χ1n) is 2.92. The average molecular weight is 197 g/mol. The van der Waals surface area contributed by atoms with E-state index in [1.807, 2.05) is 0 Å². The van der Waals surface area contributed by atoms with Crippen LogP contribution >= 0.6 is 11.6 Å². The molecular weight excluding hydrogens is 193 g/mol. The quantitative estimate of drug-likeness (QED) is 0.701. The maximum Gasteiger partial charge on any atom is 0.268 e. The van der Waals surface area contributed by atoms with Crippen LogP contribution in [0.3, 0.4) is 0 Å². The first-order valence-corrected chi connectivity index (χ1v) is 3.29. The number of alkyl halides is 2. The van der Waals surface area contributed by atoms with Gasteiger partial charge in [0.1, 0.15) is 5.82 Å². The summed E-state index contributed by atoms with van der Waals surface area (Å²) in [7, 11) is 0. The number of anilines is 1. The number of nitrogens with two attached hydrogens (primary N) is 1. The van der Waals surface area contributed by atoms with Crippen LogP contribution in [-0.2, 0) is 0 Å². The van der Waals surface area contributed by atoms with E-state index in [1.54, 1.807) is 0 Å². The van der Waals surface area contributed by atoms with Crippen LogP contribution in [0.25, 0.3) is 0 Å². The Kier molecular flexibility index (Phi) is 2.42. The van der Waals surface area contributed by atoms with Gasteiger partial charge in [-0.2, -0.15) is 4.39 Å². The van der Waals surface area contributed by atoms with Gasteiger partial charge in [0, 0.05) is 6.07 Å². The summed E-state index contributed by atoms with van der Waals surface area (Å²) in [4.78, 5) is 3.00. The molecule has 6 heteroatoms. The molecule has 0 bridgehead atoms. The van der Waals surface area contributed by atoms with Crippen molar-refractivity contribution in [1.29, 1.82) is 0 Å². The topological polar surface area (TPSA) is 38.9 Å². The van der Waals surface area contributed by atoms with Gasteiger partial charge in [-0.3, -0.25) is 0 Å². The molecule has 2 nitrogen and oxygen atoms in total. The Balaban J connectivity index is 3.28. The van der Waals surface area contributed by atoms with E-state index >= 15 is 0 Å². The minimum absolute atomic E-state index is 0.407. The van der Waals surface area contributed by atoms with Crippen molar-refractivity contribution in [3.63, 3.8) is 0 Å². The second-order valence-corrected chi connectivity index (χ2v) is 2.43. The standard InChI is InChI=1S/C6H4ClF3N2/c7-2-1-3(8)12-6(11)4(2)5(9)10/h1,5H,(H2,11,12). The Hall–Kier alpha value is -0.970. The number of hydrogen-bond acceptors (Lipinski definition) is 2. The number of pyridine rings is 1. The molecule has 0 aliphatic heterocycles. The van der Waals surface area contributed by atoms with E-state index in [9.17, 15) is 13.2 Å². The maximum absolute atomic E-state index is 12.4. The molecule has 0 aliphatic carbocycles. The van der Waals surface area contributed by atoms with Gasteiger partial charge in [0.2, 0.25) is 5.95 Å². The lowest BCUT2D eigenvalue weighted by molar-refractivity contribution is 0.152. The van der Waals surface area contributed by atoms with E-state index in [1.165, 1.54) is 0 Å². The summed E-state index contributed by atoms with van der Waals surface area (Å²) in [5.41, 5.74) is 4.38. The highest BCUT2D eigenvalue weighted by atomic mass is 35.5. The summed E-state index contributed by atoms with van der Waals surface area (Å²) in [5.74, 6) is -1.54. The summed E-state index contributed by atoms with van der Waals surface area (Å²) < 4.78 is 36.5. The molecule has 0 atom stereocenters. The molecule has 1 rings (SSSR count). The molecule has 1 heterocycles. The fourth-order valence-electron chi connectivity index (χ4n) is 0.728. The largest absolute Gasteiger partial charge is 0.383 e. The van der Waals surface area contributed by atoms with Crippen molar-refractivity contribution in [2.24, 2.45) is 0 Å². The summed E-state index contributed by atoms with van der Waals surface area (Å²) in [6.45, 7) is 0. The van der Waals surface area contributed by atoms with E-state index in [-0.39, 0.29) is 0 Å². The van der Waals surface area contributed by atoms with Crippen LogP contribution in [0.1, 0.15) is 12.0 Å². The first kappa shape index (κ1) is 9.12. The molecule has 0 saturated heterocycles. The van der Waals surface area contributed by atoms with Crippen molar-refractivity contribution in [2.45, 2.75) is 6.43 Å². The van der Waals surface area contributed by atoms with Crippen LogP contribution in [-0.4, -0.2) is 4.98 Å². The number of nitrogen functional groups attached to an aromatic ring is 1. The summed E-state index contributed by atoms with van der Waals surface area (Å²) in [5, 5.41) is -0.407. The zero-order chi connectivity index (χ0) is 9.30. The molecule has 0 radical (unpaired) electrons. The van der Waals surface area contributed by atoms with Crippen molar-refractivity contribution in [3.05, 3.63) is 22.6 Å². The predicted molar refractivity (Wildman–Crippen MR) is 38.6 cm³/mol. The zero-order valence-electron chi connectivity index (χ0n) is 5.69. The molecule has 1 aromatic heterocycles. The van der Waals surface area contributed by atoms with Gasteiger partial charge in [0.25, 0.3) is 6.43 Å². The fourth-order valence-corrected chi connectivity index (χ4v) is 0.998. The number of aromatic nitrogens is 1. The second kappa shape index (κ2) is 3.18.